The summed E-state index contributed by atoms with van der Waals surface area (Å²) in [6, 6.07) is 8.26. The molecule has 104 valence electrons. The Kier molecular flexibility index (Phi) is 4.98. The number of carbonyl (C=O) groups excluding carboxylic acids is 1. The Hall–Kier alpha value is -1.59. The molecule has 0 bridgehead atoms. The maximum Gasteiger partial charge on any atom is 0.338 e. The highest BCUT2D eigenvalue weighted by atomic mass is 79.9. The predicted molar refractivity (Wildman–Crippen MR) is 79.4 cm³/mol. The third-order valence-electron chi connectivity index (χ3n) is 2.35. The first kappa shape index (κ1) is 14.8. The molecule has 0 N–H and O–H groups in total. The van der Waals surface area contributed by atoms with Gasteiger partial charge in [0.05, 0.1) is 12.2 Å². The van der Waals surface area contributed by atoms with Crippen LogP contribution >= 0.6 is 27.5 Å². The largest absolute Gasteiger partial charge is 0.462 e. The van der Waals surface area contributed by atoms with Gasteiger partial charge >= 0.3 is 5.97 Å². The highest BCUT2D eigenvalue weighted by Gasteiger charge is 2.08. The quantitative estimate of drug-likeness (QED) is 0.759. The van der Waals surface area contributed by atoms with Gasteiger partial charge in [-0.05, 0) is 53.2 Å². The van der Waals surface area contributed by atoms with Crippen molar-refractivity contribution in [2.45, 2.75) is 6.92 Å². The van der Waals surface area contributed by atoms with Crippen molar-refractivity contribution < 1.29 is 14.3 Å². The molecule has 0 saturated carbocycles. The van der Waals surface area contributed by atoms with Crippen LogP contribution in [0.5, 0.6) is 11.6 Å². The maximum atomic E-state index is 11.5. The number of ether oxygens (including phenoxy) is 2. The number of esters is 1. The number of aromatic nitrogens is 1. The molecule has 6 heteroatoms. The summed E-state index contributed by atoms with van der Waals surface area (Å²) >= 11 is 9.28. The summed E-state index contributed by atoms with van der Waals surface area (Å²) < 4.78 is 11.2. The van der Waals surface area contributed by atoms with Gasteiger partial charge in [-0.1, -0.05) is 11.6 Å². The fraction of sp³-hybridized carbons (Fsp3) is 0.143. The molecule has 4 nitrogen and oxygen atoms in total. The second-order valence-corrected chi connectivity index (χ2v) is 5.11. The predicted octanol–water partition coefficient (Wildman–Crippen LogP) is 4.47. The Morgan fingerprint density at radius 3 is 2.65 bits per heavy atom. The molecule has 1 aromatic heterocycles. The zero-order chi connectivity index (χ0) is 14.5. The van der Waals surface area contributed by atoms with Crippen molar-refractivity contribution in [3.8, 4) is 11.6 Å². The molecule has 0 saturated heterocycles. The van der Waals surface area contributed by atoms with E-state index in [0.717, 1.165) is 4.47 Å². The number of hydrogen-bond donors (Lipinski definition) is 0. The number of halogens is 2. The molecule has 0 amide bonds. The van der Waals surface area contributed by atoms with Crippen molar-refractivity contribution >= 4 is 33.5 Å². The molecule has 0 fully saturated rings. The van der Waals surface area contributed by atoms with E-state index in [1.807, 2.05) is 0 Å². The van der Waals surface area contributed by atoms with Gasteiger partial charge in [0.15, 0.2) is 0 Å². The van der Waals surface area contributed by atoms with E-state index in [4.69, 9.17) is 21.1 Å². The SMILES string of the molecule is CCOC(=O)c1ccc(Oc2ncc(Br)cc2Cl)cc1. The standard InChI is InChI=1S/C14H11BrClNO3/c1-2-19-14(18)9-3-5-11(6-4-9)20-13-12(16)7-10(15)8-17-13/h3-8H,2H2,1H3. The minimum absolute atomic E-state index is 0.304. The van der Waals surface area contributed by atoms with E-state index >= 15 is 0 Å². The van der Waals surface area contributed by atoms with E-state index in [1.54, 1.807) is 43.5 Å². The molecule has 1 heterocycles. The highest BCUT2D eigenvalue weighted by molar-refractivity contribution is 9.10. The number of pyridine rings is 1. The molecule has 0 aliphatic heterocycles. The summed E-state index contributed by atoms with van der Waals surface area (Å²) in [6.07, 6.45) is 1.59. The number of hydrogen-bond acceptors (Lipinski definition) is 4. The van der Waals surface area contributed by atoms with Crippen molar-refractivity contribution in [2.24, 2.45) is 0 Å². The minimum Gasteiger partial charge on any atom is -0.462 e. The fourth-order valence-electron chi connectivity index (χ4n) is 1.46. The molecule has 1 aromatic carbocycles. The second kappa shape index (κ2) is 6.72. The van der Waals surface area contributed by atoms with Crippen LogP contribution in [0, 0.1) is 0 Å². The average Bonchev–Trinajstić information content (AvgIpc) is 2.43. The fourth-order valence-corrected chi connectivity index (χ4v) is 2.13. The molecule has 0 unspecified atom stereocenters. The minimum atomic E-state index is -0.362. The van der Waals surface area contributed by atoms with E-state index in [0.29, 0.717) is 28.8 Å². The van der Waals surface area contributed by atoms with Gasteiger partial charge < -0.3 is 9.47 Å². The molecule has 0 atom stereocenters. The number of nitrogens with zero attached hydrogens (tertiary/aromatic N) is 1. The van der Waals surface area contributed by atoms with E-state index < -0.39 is 0 Å². The number of rotatable bonds is 4. The molecule has 0 spiro atoms. The van der Waals surface area contributed by atoms with Crippen LogP contribution in [0.3, 0.4) is 0 Å². The van der Waals surface area contributed by atoms with Crippen molar-refractivity contribution in [3.05, 3.63) is 51.6 Å². The number of carbonyl (C=O) groups is 1. The summed E-state index contributed by atoms with van der Waals surface area (Å²) in [5, 5.41) is 0.397. The first-order chi connectivity index (χ1) is 9.60. The Bertz CT molecular complexity index is 616. The zero-order valence-electron chi connectivity index (χ0n) is 10.6. The van der Waals surface area contributed by atoms with E-state index in [2.05, 4.69) is 20.9 Å². The van der Waals surface area contributed by atoms with Gasteiger partial charge in [-0.15, -0.1) is 0 Å². The smallest absolute Gasteiger partial charge is 0.338 e. The Morgan fingerprint density at radius 1 is 1.35 bits per heavy atom. The molecule has 2 rings (SSSR count). The lowest BCUT2D eigenvalue weighted by Crippen LogP contribution is -2.04. The van der Waals surface area contributed by atoms with Crippen molar-refractivity contribution in [2.75, 3.05) is 6.61 Å². The normalized spacial score (nSPS) is 10.2. The first-order valence-electron chi connectivity index (χ1n) is 5.86. The first-order valence-corrected chi connectivity index (χ1v) is 7.03. The van der Waals surface area contributed by atoms with Crippen LogP contribution < -0.4 is 4.74 Å². The molecular formula is C14H11BrClNO3. The molecule has 0 radical (unpaired) electrons. The van der Waals surface area contributed by atoms with Crippen LogP contribution in [0.2, 0.25) is 5.02 Å². The molecule has 0 aliphatic carbocycles. The van der Waals surface area contributed by atoms with Gasteiger partial charge in [-0.3, -0.25) is 0 Å². The van der Waals surface area contributed by atoms with Crippen LogP contribution in [-0.2, 0) is 4.74 Å². The molecule has 0 aliphatic rings. The third-order valence-corrected chi connectivity index (χ3v) is 3.06. The van der Waals surface area contributed by atoms with Crippen molar-refractivity contribution in [1.82, 2.24) is 4.98 Å². The average molecular weight is 357 g/mol. The lowest BCUT2D eigenvalue weighted by atomic mass is 10.2. The Morgan fingerprint density at radius 2 is 2.05 bits per heavy atom. The van der Waals surface area contributed by atoms with E-state index in [1.165, 1.54) is 0 Å². The van der Waals surface area contributed by atoms with Crippen LogP contribution in [-0.4, -0.2) is 17.6 Å². The van der Waals surface area contributed by atoms with Crippen LogP contribution in [0.15, 0.2) is 41.0 Å². The second-order valence-electron chi connectivity index (χ2n) is 3.79. The summed E-state index contributed by atoms with van der Waals surface area (Å²) in [7, 11) is 0. The Balaban J connectivity index is 2.12. The van der Waals surface area contributed by atoms with Gasteiger partial charge in [-0.2, -0.15) is 0 Å². The van der Waals surface area contributed by atoms with Gasteiger partial charge in [-0.25, -0.2) is 9.78 Å². The maximum absolute atomic E-state index is 11.5. The van der Waals surface area contributed by atoms with Crippen molar-refractivity contribution in [3.63, 3.8) is 0 Å². The van der Waals surface area contributed by atoms with Gasteiger partial charge in [0.25, 0.3) is 0 Å². The van der Waals surface area contributed by atoms with Gasteiger partial charge in [0.1, 0.15) is 10.8 Å². The molecule has 20 heavy (non-hydrogen) atoms. The zero-order valence-corrected chi connectivity index (χ0v) is 12.9. The molecule has 2 aromatic rings. The lowest BCUT2D eigenvalue weighted by molar-refractivity contribution is 0.0526. The van der Waals surface area contributed by atoms with Gasteiger partial charge in [0.2, 0.25) is 5.88 Å². The summed E-state index contributed by atoms with van der Waals surface area (Å²) in [5.74, 6) is 0.479. The van der Waals surface area contributed by atoms with E-state index in [-0.39, 0.29) is 5.97 Å². The molecular weight excluding hydrogens is 346 g/mol. The van der Waals surface area contributed by atoms with Crippen LogP contribution in [0.1, 0.15) is 17.3 Å². The van der Waals surface area contributed by atoms with Gasteiger partial charge in [0, 0.05) is 10.7 Å². The third kappa shape index (κ3) is 3.71. The summed E-state index contributed by atoms with van der Waals surface area (Å²) in [5.41, 5.74) is 0.467. The lowest BCUT2D eigenvalue weighted by Gasteiger charge is -2.07. The van der Waals surface area contributed by atoms with E-state index in [9.17, 15) is 4.79 Å². The summed E-state index contributed by atoms with van der Waals surface area (Å²) in [6.45, 7) is 2.10. The van der Waals surface area contributed by atoms with Crippen LogP contribution in [0.25, 0.3) is 0 Å². The highest BCUT2D eigenvalue weighted by Crippen LogP contribution is 2.29. The number of benzene rings is 1. The topological polar surface area (TPSA) is 48.4 Å². The van der Waals surface area contributed by atoms with Crippen molar-refractivity contribution in [1.29, 1.82) is 0 Å². The summed E-state index contributed by atoms with van der Waals surface area (Å²) in [4.78, 5) is 15.6. The van der Waals surface area contributed by atoms with Crippen LogP contribution in [0.4, 0.5) is 0 Å². The Labute approximate surface area is 129 Å². The monoisotopic (exact) mass is 355 g/mol.